The quantitative estimate of drug-likeness (QED) is 0.754. The fourth-order valence-electron chi connectivity index (χ4n) is 4.51. The van der Waals surface area contributed by atoms with Crippen LogP contribution in [-0.2, 0) is 17.6 Å². The van der Waals surface area contributed by atoms with Gasteiger partial charge in [0, 0.05) is 31.0 Å². The van der Waals surface area contributed by atoms with Gasteiger partial charge < -0.3 is 14.7 Å². The van der Waals surface area contributed by atoms with E-state index in [1.54, 1.807) is 0 Å². The normalized spacial score (nSPS) is 19.4. The Morgan fingerprint density at radius 3 is 2.25 bits per heavy atom. The Balaban J connectivity index is 1.49. The predicted octanol–water partition coefficient (Wildman–Crippen LogP) is 4.82. The maximum Gasteiger partial charge on any atom is 0.507 e. The molecule has 2 aromatic rings. The Morgan fingerprint density at radius 2 is 1.61 bits per heavy atom. The highest BCUT2D eigenvalue weighted by Crippen LogP contribution is 2.36. The molecule has 1 saturated heterocycles. The first kappa shape index (κ1) is 18.8. The number of benzene rings is 2. The molecule has 0 radical (unpaired) electrons. The molecule has 1 atom stereocenters. The number of hydrogen-bond acceptors (Lipinski definition) is 4. The molecule has 0 amide bonds. The minimum atomic E-state index is -1.17. The number of carboxylic acid groups (broad SMARTS) is 1. The zero-order valence-electron chi connectivity index (χ0n) is 16.2. The number of anilines is 2. The summed E-state index contributed by atoms with van der Waals surface area (Å²) in [7, 11) is 0. The molecule has 2 aliphatic rings. The maximum absolute atomic E-state index is 11.0. The molecule has 1 unspecified atom stereocenters. The first-order chi connectivity index (χ1) is 13.7. The largest absolute Gasteiger partial charge is 0.507 e. The summed E-state index contributed by atoms with van der Waals surface area (Å²) in [6.45, 7) is 2.66. The molecule has 0 aliphatic carbocycles. The summed E-state index contributed by atoms with van der Waals surface area (Å²) in [6.07, 6.45) is 4.54. The second-order valence-electron chi connectivity index (χ2n) is 7.63. The fourth-order valence-corrected chi connectivity index (χ4v) is 4.51. The summed E-state index contributed by atoms with van der Waals surface area (Å²) in [4.78, 5) is 15.6. The number of ether oxygens (including phenoxy) is 1. The zero-order chi connectivity index (χ0) is 19.3. The van der Waals surface area contributed by atoms with Crippen LogP contribution in [0.3, 0.4) is 0 Å². The second kappa shape index (κ2) is 8.65. The summed E-state index contributed by atoms with van der Waals surface area (Å²) < 4.78 is 5.11. The number of likely N-dealkylation sites (tertiary alicyclic amines) is 1. The standard InChI is InChI=1S/C23H28N2O3/c26-23(27)28-22-12-5-6-15-24(22)16-7-17-25-20-10-3-1-8-18(20)13-14-19-9-2-4-11-21(19)25/h1-4,8-11,22H,5-7,12-17H2,(H,26,27). The highest BCUT2D eigenvalue weighted by Gasteiger charge is 2.26. The molecule has 28 heavy (non-hydrogen) atoms. The number of nitrogens with zero attached hydrogens (tertiary/aromatic N) is 2. The molecule has 1 N–H and O–H groups in total. The molecule has 4 rings (SSSR count). The van der Waals surface area contributed by atoms with E-state index < -0.39 is 6.16 Å². The predicted molar refractivity (Wildman–Crippen MR) is 110 cm³/mol. The highest BCUT2D eigenvalue weighted by molar-refractivity contribution is 5.71. The number of piperidine rings is 1. The molecule has 2 heterocycles. The lowest BCUT2D eigenvalue weighted by Gasteiger charge is -2.35. The number of hydrogen-bond donors (Lipinski definition) is 1. The zero-order valence-corrected chi connectivity index (χ0v) is 16.2. The van der Waals surface area contributed by atoms with Crippen LogP contribution in [0.5, 0.6) is 0 Å². The Labute approximate surface area is 166 Å². The van der Waals surface area contributed by atoms with E-state index in [1.165, 1.54) is 22.5 Å². The number of aryl methyl sites for hydroxylation is 2. The summed E-state index contributed by atoms with van der Waals surface area (Å²) in [5, 5.41) is 9.01. The molecule has 1 fully saturated rings. The molecule has 148 valence electrons. The van der Waals surface area contributed by atoms with Crippen molar-refractivity contribution >= 4 is 17.5 Å². The van der Waals surface area contributed by atoms with Crippen molar-refractivity contribution in [3.8, 4) is 0 Å². The van der Waals surface area contributed by atoms with Gasteiger partial charge in [0.15, 0.2) is 6.23 Å². The van der Waals surface area contributed by atoms with Crippen molar-refractivity contribution in [2.45, 2.75) is 44.8 Å². The van der Waals surface area contributed by atoms with Gasteiger partial charge in [-0.2, -0.15) is 0 Å². The van der Waals surface area contributed by atoms with Crippen LogP contribution in [-0.4, -0.2) is 42.0 Å². The lowest BCUT2D eigenvalue weighted by atomic mass is 10.0. The average molecular weight is 380 g/mol. The topological polar surface area (TPSA) is 53.0 Å². The van der Waals surface area contributed by atoms with Gasteiger partial charge in [-0.1, -0.05) is 36.4 Å². The van der Waals surface area contributed by atoms with E-state index in [2.05, 4.69) is 58.3 Å². The summed E-state index contributed by atoms with van der Waals surface area (Å²) in [6, 6.07) is 17.4. The first-order valence-electron chi connectivity index (χ1n) is 10.3. The molecule has 2 aromatic carbocycles. The third-order valence-corrected chi connectivity index (χ3v) is 5.85. The third kappa shape index (κ3) is 4.14. The van der Waals surface area contributed by atoms with Gasteiger partial charge in [-0.25, -0.2) is 4.79 Å². The van der Waals surface area contributed by atoms with Gasteiger partial charge in [-0.15, -0.1) is 0 Å². The smallest absolute Gasteiger partial charge is 0.450 e. The van der Waals surface area contributed by atoms with E-state index in [0.29, 0.717) is 0 Å². The van der Waals surface area contributed by atoms with Crippen LogP contribution in [0, 0.1) is 0 Å². The summed E-state index contributed by atoms with van der Waals surface area (Å²) in [5.41, 5.74) is 5.38. The monoisotopic (exact) mass is 380 g/mol. The molecule has 0 bridgehead atoms. The van der Waals surface area contributed by atoms with E-state index in [-0.39, 0.29) is 6.23 Å². The minimum Gasteiger partial charge on any atom is -0.450 e. The second-order valence-corrected chi connectivity index (χ2v) is 7.63. The number of fused-ring (bicyclic) bond motifs is 2. The van der Waals surface area contributed by atoms with Crippen LogP contribution in [0.1, 0.15) is 36.8 Å². The van der Waals surface area contributed by atoms with Gasteiger partial charge in [-0.05, 0) is 61.8 Å². The lowest BCUT2D eigenvalue weighted by molar-refractivity contribution is -0.0549. The van der Waals surface area contributed by atoms with Crippen molar-refractivity contribution in [2.24, 2.45) is 0 Å². The molecule has 0 saturated carbocycles. The Morgan fingerprint density at radius 1 is 0.964 bits per heavy atom. The number of para-hydroxylation sites is 2. The Hall–Kier alpha value is -2.53. The van der Waals surface area contributed by atoms with Crippen molar-refractivity contribution in [2.75, 3.05) is 24.5 Å². The highest BCUT2D eigenvalue weighted by atomic mass is 16.7. The molecule has 0 spiro atoms. The molecule has 5 nitrogen and oxygen atoms in total. The van der Waals surface area contributed by atoms with Gasteiger partial charge >= 0.3 is 6.16 Å². The van der Waals surface area contributed by atoms with Gasteiger partial charge in [0.05, 0.1) is 0 Å². The molecule has 2 aliphatic heterocycles. The van der Waals surface area contributed by atoms with Crippen LogP contribution < -0.4 is 4.90 Å². The van der Waals surface area contributed by atoms with Crippen LogP contribution in [0.15, 0.2) is 48.5 Å². The van der Waals surface area contributed by atoms with Gasteiger partial charge in [0.2, 0.25) is 0 Å². The van der Waals surface area contributed by atoms with Crippen molar-refractivity contribution in [3.05, 3.63) is 59.7 Å². The number of rotatable bonds is 5. The Kier molecular flexibility index (Phi) is 5.81. The van der Waals surface area contributed by atoms with E-state index in [1.807, 2.05) is 0 Å². The maximum atomic E-state index is 11.0. The van der Waals surface area contributed by atoms with Gasteiger partial charge in [0.25, 0.3) is 0 Å². The third-order valence-electron chi connectivity index (χ3n) is 5.85. The van der Waals surface area contributed by atoms with Crippen molar-refractivity contribution in [1.82, 2.24) is 4.90 Å². The SMILES string of the molecule is O=C(O)OC1CCCCN1CCCN1c2ccccc2CCc2ccccc21. The summed E-state index contributed by atoms with van der Waals surface area (Å²) >= 11 is 0. The van der Waals surface area contributed by atoms with Crippen LogP contribution in [0.25, 0.3) is 0 Å². The van der Waals surface area contributed by atoms with Crippen LogP contribution in [0.2, 0.25) is 0 Å². The van der Waals surface area contributed by atoms with Gasteiger partial charge in [0.1, 0.15) is 0 Å². The van der Waals surface area contributed by atoms with Gasteiger partial charge in [-0.3, -0.25) is 4.90 Å². The molecule has 0 aromatic heterocycles. The van der Waals surface area contributed by atoms with E-state index >= 15 is 0 Å². The molecular formula is C23H28N2O3. The van der Waals surface area contributed by atoms with E-state index in [9.17, 15) is 4.79 Å². The summed E-state index contributed by atoms with van der Waals surface area (Å²) in [5.74, 6) is 0. The first-order valence-corrected chi connectivity index (χ1v) is 10.3. The van der Waals surface area contributed by atoms with Crippen molar-refractivity contribution in [3.63, 3.8) is 0 Å². The minimum absolute atomic E-state index is 0.296. The van der Waals surface area contributed by atoms with E-state index in [0.717, 1.165) is 58.2 Å². The molecular weight excluding hydrogens is 352 g/mol. The van der Waals surface area contributed by atoms with Crippen molar-refractivity contribution < 1.29 is 14.6 Å². The van der Waals surface area contributed by atoms with E-state index in [4.69, 9.17) is 9.84 Å². The average Bonchev–Trinajstić information content (AvgIpc) is 2.86. The van der Waals surface area contributed by atoms with Crippen LogP contribution in [0.4, 0.5) is 16.2 Å². The van der Waals surface area contributed by atoms with Crippen LogP contribution >= 0.6 is 0 Å². The molecule has 5 heteroatoms. The lowest BCUT2D eigenvalue weighted by Crippen LogP contribution is -2.43. The Bertz CT molecular complexity index is 775. The fraction of sp³-hybridized carbons (Fsp3) is 0.435. The van der Waals surface area contributed by atoms with Crippen molar-refractivity contribution in [1.29, 1.82) is 0 Å². The number of carbonyl (C=O) groups is 1.